The molecule has 0 spiro atoms. The number of carbonyl (C=O) groups excluding carboxylic acids is 2. The molecule has 2 N–H and O–H groups in total. The van der Waals surface area contributed by atoms with E-state index in [1.165, 1.54) is 0 Å². The summed E-state index contributed by atoms with van der Waals surface area (Å²) in [5.41, 5.74) is 7.45. The van der Waals surface area contributed by atoms with Gasteiger partial charge in [-0.15, -0.1) is 0 Å². The first-order valence-corrected chi connectivity index (χ1v) is 8.84. The monoisotopic (exact) mass is 344 g/mol. The van der Waals surface area contributed by atoms with Crippen LogP contribution in [0.15, 0.2) is 48.5 Å². The largest absolute Gasteiger partial charge is 0.484 e. The average Bonchev–Trinajstić information content (AvgIpc) is 2.60. The lowest BCUT2D eigenvalue weighted by atomic mass is 10.1. The smallest absolute Gasteiger partial charge is 0.276 e. The summed E-state index contributed by atoms with van der Waals surface area (Å²) in [6, 6.07) is 14.6. The molecule has 0 aromatic heterocycles. The van der Waals surface area contributed by atoms with Crippen LogP contribution in [0.25, 0.3) is 0 Å². The van der Waals surface area contributed by atoms with E-state index in [1.807, 2.05) is 37.4 Å². The number of nitrogens with one attached hydrogen (secondary N) is 2. The number of hydrazine groups is 1. The highest BCUT2D eigenvalue weighted by atomic mass is 32.2. The maximum Gasteiger partial charge on any atom is 0.276 e. The molecule has 2 amide bonds. The van der Waals surface area contributed by atoms with Gasteiger partial charge in [0.05, 0.1) is 0 Å². The number of benzene rings is 2. The van der Waals surface area contributed by atoms with Crippen molar-refractivity contribution >= 4 is 23.6 Å². The van der Waals surface area contributed by atoms with E-state index >= 15 is 0 Å². The second-order valence-electron chi connectivity index (χ2n) is 5.23. The maximum atomic E-state index is 12.0. The molecule has 0 atom stereocenters. The number of ether oxygens (including phenoxy) is 1. The fourth-order valence-corrected chi connectivity index (χ4v) is 2.46. The molecule has 0 aliphatic heterocycles. The number of thioether (sulfide) groups is 1. The molecule has 0 aliphatic carbocycles. The quantitative estimate of drug-likeness (QED) is 0.791. The highest BCUT2D eigenvalue weighted by Gasteiger charge is 2.08. The van der Waals surface area contributed by atoms with Gasteiger partial charge in [-0.25, -0.2) is 0 Å². The van der Waals surface area contributed by atoms with Crippen LogP contribution in [-0.4, -0.2) is 24.7 Å². The van der Waals surface area contributed by atoms with Crippen LogP contribution in [0, 0.1) is 6.92 Å². The second-order valence-corrected chi connectivity index (χ2v) is 6.10. The van der Waals surface area contributed by atoms with E-state index in [4.69, 9.17) is 4.74 Å². The number of aryl methyl sites for hydroxylation is 1. The molecule has 0 aliphatic rings. The van der Waals surface area contributed by atoms with Crippen molar-refractivity contribution in [3.63, 3.8) is 0 Å². The van der Waals surface area contributed by atoms with Crippen LogP contribution >= 0.6 is 11.8 Å². The van der Waals surface area contributed by atoms with Crippen molar-refractivity contribution in [3.05, 3.63) is 65.2 Å². The van der Waals surface area contributed by atoms with Gasteiger partial charge in [-0.3, -0.25) is 20.4 Å². The molecule has 0 fully saturated rings. The van der Waals surface area contributed by atoms with Crippen LogP contribution in [0.2, 0.25) is 0 Å². The molecular formula is C18H20N2O3S. The zero-order valence-electron chi connectivity index (χ0n) is 13.7. The number of hydrogen-bond acceptors (Lipinski definition) is 4. The lowest BCUT2D eigenvalue weighted by Crippen LogP contribution is -2.43. The van der Waals surface area contributed by atoms with Crippen LogP contribution < -0.4 is 15.6 Å². The summed E-state index contributed by atoms with van der Waals surface area (Å²) in [5, 5.41) is 0. The van der Waals surface area contributed by atoms with E-state index in [0.29, 0.717) is 11.3 Å². The molecule has 0 bridgehead atoms. The van der Waals surface area contributed by atoms with Crippen LogP contribution in [0.1, 0.15) is 21.5 Å². The first-order valence-electron chi connectivity index (χ1n) is 7.45. The van der Waals surface area contributed by atoms with Gasteiger partial charge in [-0.1, -0.05) is 29.8 Å². The lowest BCUT2D eigenvalue weighted by Gasteiger charge is -2.09. The Morgan fingerprint density at radius 1 is 1.00 bits per heavy atom. The normalized spacial score (nSPS) is 10.1. The zero-order valence-corrected chi connectivity index (χ0v) is 14.5. The van der Waals surface area contributed by atoms with E-state index in [1.54, 1.807) is 36.0 Å². The van der Waals surface area contributed by atoms with Gasteiger partial charge < -0.3 is 4.74 Å². The molecule has 126 valence electrons. The summed E-state index contributed by atoms with van der Waals surface area (Å²) in [7, 11) is 0. The number of carbonyl (C=O) groups is 2. The topological polar surface area (TPSA) is 67.4 Å². The fraction of sp³-hybridized carbons (Fsp3) is 0.222. The first kappa shape index (κ1) is 17.9. The van der Waals surface area contributed by atoms with Crippen molar-refractivity contribution in [2.24, 2.45) is 0 Å². The number of amides is 2. The summed E-state index contributed by atoms with van der Waals surface area (Å²) in [6.45, 7) is 1.80. The molecule has 0 saturated carbocycles. The Hall–Kier alpha value is -2.47. The van der Waals surface area contributed by atoms with Crippen LogP contribution in [0.3, 0.4) is 0 Å². The van der Waals surface area contributed by atoms with Gasteiger partial charge in [-0.05, 0) is 43.0 Å². The molecule has 5 nitrogen and oxygen atoms in total. The van der Waals surface area contributed by atoms with Crippen molar-refractivity contribution < 1.29 is 14.3 Å². The molecule has 2 aromatic carbocycles. The summed E-state index contributed by atoms with van der Waals surface area (Å²) in [4.78, 5) is 23.7. The molecular weight excluding hydrogens is 324 g/mol. The first-order chi connectivity index (χ1) is 11.6. The Balaban J connectivity index is 1.76. The van der Waals surface area contributed by atoms with Crippen molar-refractivity contribution in [1.29, 1.82) is 0 Å². The Morgan fingerprint density at radius 3 is 2.29 bits per heavy atom. The second kappa shape index (κ2) is 8.98. The molecule has 2 aromatic rings. The number of hydrogen-bond donors (Lipinski definition) is 2. The van der Waals surface area contributed by atoms with E-state index < -0.39 is 5.91 Å². The van der Waals surface area contributed by atoms with Gasteiger partial charge in [0.1, 0.15) is 5.75 Å². The van der Waals surface area contributed by atoms with Crippen molar-refractivity contribution in [2.45, 2.75) is 12.7 Å². The third-order valence-electron chi connectivity index (χ3n) is 3.23. The molecule has 0 radical (unpaired) electrons. The van der Waals surface area contributed by atoms with Crippen LogP contribution in [-0.2, 0) is 10.5 Å². The van der Waals surface area contributed by atoms with E-state index in [2.05, 4.69) is 10.9 Å². The van der Waals surface area contributed by atoms with Gasteiger partial charge >= 0.3 is 0 Å². The van der Waals surface area contributed by atoms with Gasteiger partial charge in [0.25, 0.3) is 11.8 Å². The van der Waals surface area contributed by atoms with E-state index in [9.17, 15) is 9.59 Å². The predicted molar refractivity (Wildman–Crippen MR) is 95.9 cm³/mol. The van der Waals surface area contributed by atoms with Crippen molar-refractivity contribution in [3.8, 4) is 5.75 Å². The third-order valence-corrected chi connectivity index (χ3v) is 3.86. The van der Waals surface area contributed by atoms with Crippen molar-refractivity contribution in [2.75, 3.05) is 12.9 Å². The minimum absolute atomic E-state index is 0.171. The van der Waals surface area contributed by atoms with Gasteiger partial charge in [0.15, 0.2) is 6.61 Å². The summed E-state index contributed by atoms with van der Waals surface area (Å²) < 4.78 is 5.34. The molecule has 0 saturated heterocycles. The Labute approximate surface area is 145 Å². The minimum Gasteiger partial charge on any atom is -0.484 e. The van der Waals surface area contributed by atoms with Gasteiger partial charge in [0, 0.05) is 11.3 Å². The van der Waals surface area contributed by atoms with Crippen molar-refractivity contribution in [1.82, 2.24) is 10.9 Å². The van der Waals surface area contributed by atoms with E-state index in [-0.39, 0.29) is 12.5 Å². The Kier molecular flexibility index (Phi) is 6.69. The summed E-state index contributed by atoms with van der Waals surface area (Å²) in [6.07, 6.45) is 2.02. The molecule has 2 rings (SSSR count). The summed E-state index contributed by atoms with van der Waals surface area (Å²) >= 11 is 1.72. The number of rotatable bonds is 6. The van der Waals surface area contributed by atoms with Crippen LogP contribution in [0.4, 0.5) is 0 Å². The predicted octanol–water partition coefficient (Wildman–Crippen LogP) is 2.70. The third kappa shape index (κ3) is 5.62. The fourth-order valence-electron chi connectivity index (χ4n) is 1.94. The standard InChI is InChI=1S/C18H20N2O3S/c1-13-3-9-16(10-4-13)23-11-17(21)19-20-18(22)15-7-5-14(6-8-15)12-24-2/h3-10H,11-12H2,1-2H3,(H,19,21)(H,20,22). The van der Waals surface area contributed by atoms with Gasteiger partial charge in [0.2, 0.25) is 0 Å². The molecule has 0 unspecified atom stereocenters. The SMILES string of the molecule is CSCc1ccc(C(=O)NNC(=O)COc2ccc(C)cc2)cc1. The average molecular weight is 344 g/mol. The summed E-state index contributed by atoms with van der Waals surface area (Å²) in [5.74, 6) is 0.707. The lowest BCUT2D eigenvalue weighted by molar-refractivity contribution is -0.123. The highest BCUT2D eigenvalue weighted by Crippen LogP contribution is 2.11. The molecule has 0 heterocycles. The molecule has 24 heavy (non-hydrogen) atoms. The maximum absolute atomic E-state index is 12.0. The Morgan fingerprint density at radius 2 is 1.67 bits per heavy atom. The van der Waals surface area contributed by atoms with E-state index in [0.717, 1.165) is 16.9 Å². The molecule has 6 heteroatoms. The zero-order chi connectivity index (χ0) is 17.4. The minimum atomic E-state index is -0.428. The van der Waals surface area contributed by atoms with Gasteiger partial charge in [-0.2, -0.15) is 11.8 Å². The van der Waals surface area contributed by atoms with Crippen LogP contribution in [0.5, 0.6) is 5.75 Å². The highest BCUT2D eigenvalue weighted by molar-refractivity contribution is 7.97. The Bertz CT molecular complexity index is 684.